The van der Waals surface area contributed by atoms with E-state index in [0.29, 0.717) is 16.8 Å². The molecule has 0 amide bonds. The van der Waals surface area contributed by atoms with Gasteiger partial charge in [-0.2, -0.15) is 0 Å². The maximum Gasteiger partial charge on any atom is 0.189 e. The summed E-state index contributed by atoms with van der Waals surface area (Å²) in [5, 5.41) is 4.02. The van der Waals surface area contributed by atoms with Crippen LogP contribution in [0.5, 0.6) is 0 Å². The van der Waals surface area contributed by atoms with Crippen molar-refractivity contribution in [2.45, 2.75) is 38.4 Å². The maximum absolute atomic E-state index is 11.4. The third-order valence-electron chi connectivity index (χ3n) is 2.18. The molecule has 1 N–H and O–H groups in total. The van der Waals surface area contributed by atoms with Gasteiger partial charge >= 0.3 is 0 Å². The van der Waals surface area contributed by atoms with Crippen LogP contribution in [0.2, 0.25) is 0 Å². The van der Waals surface area contributed by atoms with Crippen LogP contribution in [0.4, 0.5) is 0 Å². The molecule has 0 aromatic rings. The standard InChI is InChI=1S/C11H19NOS/c1-9(2)14-11(13)4-3-10-5-7-12-8-6-10/h5,9,12H,3-4,6-8H2,1-2H3. The second kappa shape index (κ2) is 6.25. The highest BCUT2D eigenvalue weighted by atomic mass is 32.2. The normalized spacial score (nSPS) is 16.9. The van der Waals surface area contributed by atoms with Gasteiger partial charge in [0.2, 0.25) is 0 Å². The number of hydrogen-bond acceptors (Lipinski definition) is 3. The highest BCUT2D eigenvalue weighted by Gasteiger charge is 2.08. The Kier molecular flexibility index (Phi) is 5.26. The zero-order chi connectivity index (χ0) is 10.4. The monoisotopic (exact) mass is 213 g/mol. The summed E-state index contributed by atoms with van der Waals surface area (Å²) in [6.07, 6.45) is 4.99. The molecule has 0 aromatic heterocycles. The highest BCUT2D eigenvalue weighted by Crippen LogP contribution is 2.18. The number of nitrogens with one attached hydrogen (secondary N) is 1. The molecule has 0 radical (unpaired) electrons. The number of rotatable bonds is 4. The Bertz CT molecular complexity index is 223. The van der Waals surface area contributed by atoms with Gasteiger partial charge in [-0.25, -0.2) is 0 Å². The van der Waals surface area contributed by atoms with Crippen LogP contribution in [-0.4, -0.2) is 23.5 Å². The first-order valence-electron chi connectivity index (χ1n) is 5.26. The molecule has 0 unspecified atom stereocenters. The fraction of sp³-hybridized carbons (Fsp3) is 0.727. The Hall–Kier alpha value is -0.280. The summed E-state index contributed by atoms with van der Waals surface area (Å²) in [6, 6.07) is 0. The third kappa shape index (κ3) is 4.82. The van der Waals surface area contributed by atoms with Crippen molar-refractivity contribution in [2.75, 3.05) is 13.1 Å². The van der Waals surface area contributed by atoms with E-state index >= 15 is 0 Å². The number of hydrogen-bond donors (Lipinski definition) is 1. The number of thioether (sulfide) groups is 1. The highest BCUT2D eigenvalue weighted by molar-refractivity contribution is 8.14. The van der Waals surface area contributed by atoms with Crippen LogP contribution < -0.4 is 5.32 Å². The van der Waals surface area contributed by atoms with Crippen LogP contribution in [0.3, 0.4) is 0 Å². The van der Waals surface area contributed by atoms with Crippen molar-refractivity contribution in [1.29, 1.82) is 0 Å². The summed E-state index contributed by atoms with van der Waals surface area (Å²) in [5.41, 5.74) is 1.45. The topological polar surface area (TPSA) is 29.1 Å². The van der Waals surface area contributed by atoms with E-state index in [-0.39, 0.29) is 0 Å². The summed E-state index contributed by atoms with van der Waals surface area (Å²) < 4.78 is 0. The van der Waals surface area contributed by atoms with Gasteiger partial charge < -0.3 is 5.32 Å². The molecule has 0 fully saturated rings. The van der Waals surface area contributed by atoms with E-state index in [4.69, 9.17) is 0 Å². The Morgan fingerprint density at radius 1 is 1.64 bits per heavy atom. The van der Waals surface area contributed by atoms with Crippen LogP contribution >= 0.6 is 11.8 Å². The molecular formula is C11H19NOS. The molecule has 1 rings (SSSR count). The van der Waals surface area contributed by atoms with Crippen LogP contribution in [0.25, 0.3) is 0 Å². The summed E-state index contributed by atoms with van der Waals surface area (Å²) >= 11 is 1.46. The van der Waals surface area contributed by atoms with Gasteiger partial charge in [0.25, 0.3) is 0 Å². The van der Waals surface area contributed by atoms with Gasteiger partial charge in [-0.3, -0.25) is 4.79 Å². The smallest absolute Gasteiger partial charge is 0.189 e. The third-order valence-corrected chi connectivity index (χ3v) is 3.11. The van der Waals surface area contributed by atoms with Gasteiger partial charge in [0.15, 0.2) is 5.12 Å². The van der Waals surface area contributed by atoms with Crippen molar-refractivity contribution >= 4 is 16.9 Å². The number of carbonyl (C=O) groups excluding carboxylic acids is 1. The zero-order valence-corrected chi connectivity index (χ0v) is 9.82. The fourth-order valence-electron chi connectivity index (χ4n) is 1.48. The Morgan fingerprint density at radius 3 is 3.00 bits per heavy atom. The Morgan fingerprint density at radius 2 is 2.43 bits per heavy atom. The van der Waals surface area contributed by atoms with E-state index in [0.717, 1.165) is 25.9 Å². The minimum absolute atomic E-state index is 0.333. The molecule has 0 atom stereocenters. The molecule has 0 aromatic carbocycles. The summed E-state index contributed by atoms with van der Waals surface area (Å²) in [6.45, 7) is 6.16. The van der Waals surface area contributed by atoms with Crippen LogP contribution in [0.15, 0.2) is 11.6 Å². The predicted octanol–water partition coefficient (Wildman–Crippen LogP) is 2.35. The van der Waals surface area contributed by atoms with Gasteiger partial charge in [0.05, 0.1) is 0 Å². The Labute approximate surface area is 90.5 Å². The lowest BCUT2D eigenvalue weighted by Gasteiger charge is -2.13. The molecule has 0 aliphatic carbocycles. The molecule has 1 heterocycles. The molecule has 0 spiro atoms. The van der Waals surface area contributed by atoms with Crippen molar-refractivity contribution < 1.29 is 4.79 Å². The first kappa shape index (κ1) is 11.8. The molecule has 14 heavy (non-hydrogen) atoms. The first-order chi connectivity index (χ1) is 6.68. The van der Waals surface area contributed by atoms with Crippen molar-refractivity contribution in [1.82, 2.24) is 5.32 Å². The molecular weight excluding hydrogens is 194 g/mol. The fourth-order valence-corrected chi connectivity index (χ4v) is 2.23. The van der Waals surface area contributed by atoms with Crippen molar-refractivity contribution in [2.24, 2.45) is 0 Å². The average Bonchev–Trinajstić information content (AvgIpc) is 2.15. The largest absolute Gasteiger partial charge is 0.313 e. The van der Waals surface area contributed by atoms with E-state index in [2.05, 4.69) is 25.2 Å². The molecule has 80 valence electrons. The lowest BCUT2D eigenvalue weighted by Crippen LogP contribution is -2.20. The lowest BCUT2D eigenvalue weighted by atomic mass is 10.0. The van der Waals surface area contributed by atoms with Gasteiger partial charge in [0, 0.05) is 18.2 Å². The van der Waals surface area contributed by atoms with E-state index in [9.17, 15) is 4.79 Å². The van der Waals surface area contributed by atoms with Gasteiger partial charge in [-0.05, 0) is 19.4 Å². The maximum atomic E-state index is 11.4. The van der Waals surface area contributed by atoms with Crippen LogP contribution in [0, 0.1) is 0 Å². The lowest BCUT2D eigenvalue weighted by molar-refractivity contribution is -0.110. The van der Waals surface area contributed by atoms with Crippen molar-refractivity contribution in [3.63, 3.8) is 0 Å². The average molecular weight is 213 g/mol. The van der Waals surface area contributed by atoms with Crippen molar-refractivity contribution in [3.8, 4) is 0 Å². The SMILES string of the molecule is CC(C)SC(=O)CCC1=CCNCC1. The minimum Gasteiger partial charge on any atom is -0.313 e. The zero-order valence-electron chi connectivity index (χ0n) is 9.01. The minimum atomic E-state index is 0.333. The molecule has 2 nitrogen and oxygen atoms in total. The van der Waals surface area contributed by atoms with E-state index in [1.54, 1.807) is 0 Å². The van der Waals surface area contributed by atoms with Gasteiger partial charge in [-0.15, -0.1) is 0 Å². The van der Waals surface area contributed by atoms with Gasteiger partial charge in [0.1, 0.15) is 0 Å². The second-order valence-corrected chi connectivity index (χ2v) is 5.49. The van der Waals surface area contributed by atoms with E-state index < -0.39 is 0 Å². The molecule has 1 aliphatic heterocycles. The van der Waals surface area contributed by atoms with Crippen LogP contribution in [0.1, 0.15) is 33.1 Å². The Balaban J connectivity index is 2.19. The molecule has 1 aliphatic rings. The number of carbonyl (C=O) groups is 1. The van der Waals surface area contributed by atoms with Gasteiger partial charge in [-0.1, -0.05) is 37.3 Å². The molecule has 0 saturated heterocycles. The quantitative estimate of drug-likeness (QED) is 0.727. The molecule has 3 heteroatoms. The van der Waals surface area contributed by atoms with E-state index in [1.165, 1.54) is 17.3 Å². The second-order valence-electron chi connectivity index (χ2n) is 3.86. The molecule has 0 bridgehead atoms. The van der Waals surface area contributed by atoms with Crippen molar-refractivity contribution in [3.05, 3.63) is 11.6 Å². The first-order valence-corrected chi connectivity index (χ1v) is 6.14. The summed E-state index contributed by atoms with van der Waals surface area (Å²) in [4.78, 5) is 11.4. The molecule has 0 saturated carbocycles. The summed E-state index contributed by atoms with van der Waals surface area (Å²) in [7, 11) is 0. The predicted molar refractivity (Wildman–Crippen MR) is 62.5 cm³/mol. The van der Waals surface area contributed by atoms with Crippen LogP contribution in [-0.2, 0) is 4.79 Å². The van der Waals surface area contributed by atoms with E-state index in [1.807, 2.05) is 0 Å². The summed E-state index contributed by atoms with van der Waals surface area (Å²) in [5.74, 6) is 0.